The lowest BCUT2D eigenvalue weighted by atomic mass is 10.1. The van der Waals surface area contributed by atoms with Gasteiger partial charge in [0.05, 0.1) is 46.5 Å². The number of rotatable bonds is 9. The third-order valence-corrected chi connectivity index (χ3v) is 5.75. The Morgan fingerprint density at radius 1 is 0.824 bits per heavy atom. The molecule has 11 nitrogen and oxygen atoms in total. The van der Waals surface area contributed by atoms with Gasteiger partial charge in [-0.15, -0.1) is 0 Å². The third kappa shape index (κ3) is 5.09. The first kappa shape index (κ1) is 24.9. The van der Waals surface area contributed by atoms with Crippen LogP contribution >= 0.6 is 0 Å². The Bertz CT molecular complexity index is 1030. The Hall–Kier alpha value is -3.73. The van der Waals surface area contributed by atoms with Gasteiger partial charge in [-0.05, 0) is 18.2 Å². The zero-order chi connectivity index (χ0) is 24.8. The summed E-state index contributed by atoms with van der Waals surface area (Å²) in [7, 11) is 7.42. The van der Waals surface area contributed by atoms with Gasteiger partial charge in [0.1, 0.15) is 0 Å². The molecule has 2 aromatic carbocycles. The maximum Gasteiger partial charge on any atom is 0.277 e. The zero-order valence-corrected chi connectivity index (χ0v) is 20.0. The van der Waals surface area contributed by atoms with Gasteiger partial charge in [0, 0.05) is 43.9 Å². The number of amides is 1. The highest BCUT2D eigenvalue weighted by Crippen LogP contribution is 2.39. The van der Waals surface area contributed by atoms with E-state index >= 15 is 0 Å². The van der Waals surface area contributed by atoms with E-state index in [2.05, 4.69) is 4.90 Å². The normalized spacial score (nSPS) is 13.9. The number of ether oxygens (including phenoxy) is 5. The largest absolute Gasteiger partial charge is 0.493 e. The first-order valence-corrected chi connectivity index (χ1v) is 10.6. The van der Waals surface area contributed by atoms with Crippen LogP contribution in [0.2, 0.25) is 0 Å². The quantitative estimate of drug-likeness (QED) is 0.399. The maximum absolute atomic E-state index is 13.1. The Kier molecular flexibility index (Phi) is 8.00. The van der Waals surface area contributed by atoms with Crippen molar-refractivity contribution in [1.29, 1.82) is 0 Å². The molecule has 0 atom stereocenters. The van der Waals surface area contributed by atoms with Gasteiger partial charge in [-0.2, -0.15) is 0 Å². The minimum Gasteiger partial charge on any atom is -0.493 e. The summed E-state index contributed by atoms with van der Waals surface area (Å²) < 4.78 is 26.5. The van der Waals surface area contributed by atoms with Gasteiger partial charge in [-0.3, -0.25) is 19.8 Å². The monoisotopic (exact) mass is 475 g/mol. The average molecular weight is 475 g/mol. The number of nitrogens with zero attached hydrogens (tertiary/aromatic N) is 3. The molecule has 3 rings (SSSR count). The van der Waals surface area contributed by atoms with E-state index in [0.29, 0.717) is 72.6 Å². The molecule has 0 aromatic heterocycles. The van der Waals surface area contributed by atoms with Gasteiger partial charge in [-0.1, -0.05) is 0 Å². The van der Waals surface area contributed by atoms with E-state index in [0.717, 1.165) is 0 Å². The molecule has 1 heterocycles. The molecule has 0 unspecified atom stereocenters. The molecule has 34 heavy (non-hydrogen) atoms. The number of nitro benzene ring substituents is 1. The van der Waals surface area contributed by atoms with Gasteiger partial charge in [-0.25, -0.2) is 0 Å². The van der Waals surface area contributed by atoms with E-state index in [1.54, 1.807) is 23.1 Å². The lowest BCUT2D eigenvalue weighted by molar-refractivity contribution is -0.385. The van der Waals surface area contributed by atoms with Crippen molar-refractivity contribution in [2.24, 2.45) is 0 Å². The van der Waals surface area contributed by atoms with Crippen molar-refractivity contribution in [1.82, 2.24) is 9.80 Å². The number of methoxy groups -OCH3 is 5. The number of hydrogen-bond acceptors (Lipinski definition) is 9. The predicted molar refractivity (Wildman–Crippen MR) is 123 cm³/mol. The van der Waals surface area contributed by atoms with Crippen molar-refractivity contribution in [3.8, 4) is 28.7 Å². The Morgan fingerprint density at radius 3 is 1.82 bits per heavy atom. The summed E-state index contributed by atoms with van der Waals surface area (Å²) in [6.07, 6.45) is 0. The van der Waals surface area contributed by atoms with Crippen LogP contribution in [0.3, 0.4) is 0 Å². The topological polar surface area (TPSA) is 113 Å². The molecule has 1 fully saturated rings. The third-order valence-electron chi connectivity index (χ3n) is 5.75. The van der Waals surface area contributed by atoms with Crippen molar-refractivity contribution < 1.29 is 33.4 Å². The van der Waals surface area contributed by atoms with Crippen LogP contribution in [0.1, 0.15) is 15.9 Å². The van der Waals surface area contributed by atoms with E-state index in [1.807, 2.05) is 0 Å². The van der Waals surface area contributed by atoms with Crippen LogP contribution in [-0.2, 0) is 6.54 Å². The van der Waals surface area contributed by atoms with Crippen LogP contribution in [0.25, 0.3) is 0 Å². The first-order chi connectivity index (χ1) is 16.4. The van der Waals surface area contributed by atoms with E-state index < -0.39 is 4.92 Å². The van der Waals surface area contributed by atoms with E-state index in [4.69, 9.17) is 23.7 Å². The van der Waals surface area contributed by atoms with E-state index in [-0.39, 0.29) is 11.6 Å². The molecule has 2 aromatic rings. The van der Waals surface area contributed by atoms with Gasteiger partial charge in [0.15, 0.2) is 23.0 Å². The van der Waals surface area contributed by atoms with Crippen molar-refractivity contribution >= 4 is 11.6 Å². The number of hydrogen-bond donors (Lipinski definition) is 0. The smallest absolute Gasteiger partial charge is 0.277 e. The summed E-state index contributed by atoms with van der Waals surface area (Å²) in [4.78, 5) is 28.1. The predicted octanol–water partition coefficient (Wildman–Crippen LogP) is 2.60. The minimum absolute atomic E-state index is 0.0337. The molecule has 0 saturated carbocycles. The second-order valence-electron chi connectivity index (χ2n) is 7.58. The number of piperazine rings is 1. The van der Waals surface area contributed by atoms with Crippen LogP contribution in [-0.4, -0.2) is 82.4 Å². The van der Waals surface area contributed by atoms with Crippen LogP contribution in [0.15, 0.2) is 24.3 Å². The van der Waals surface area contributed by atoms with Gasteiger partial charge in [0.25, 0.3) is 11.6 Å². The molecule has 1 aliphatic heterocycles. The molecule has 1 amide bonds. The van der Waals surface area contributed by atoms with Gasteiger partial charge in [0.2, 0.25) is 5.75 Å². The van der Waals surface area contributed by atoms with E-state index in [9.17, 15) is 14.9 Å². The van der Waals surface area contributed by atoms with Crippen molar-refractivity contribution in [2.75, 3.05) is 61.7 Å². The standard InChI is InChI=1S/C23H29N3O8/c1-30-18-12-16(17(26(28)29)13-19(18)31-2)14-24-6-8-25(9-7-24)23(27)15-10-20(32-3)22(34-5)21(11-15)33-4/h10-13H,6-9,14H2,1-5H3. The highest BCUT2D eigenvalue weighted by atomic mass is 16.6. The van der Waals surface area contributed by atoms with Gasteiger partial charge < -0.3 is 28.6 Å². The summed E-state index contributed by atoms with van der Waals surface area (Å²) >= 11 is 0. The molecule has 0 aliphatic carbocycles. The van der Waals surface area contributed by atoms with Crippen LogP contribution in [0.4, 0.5) is 5.69 Å². The Morgan fingerprint density at radius 2 is 1.35 bits per heavy atom. The summed E-state index contributed by atoms with van der Waals surface area (Å²) in [5, 5.41) is 11.6. The molecule has 0 N–H and O–H groups in total. The number of carbonyl (C=O) groups is 1. The number of carbonyl (C=O) groups excluding carboxylic acids is 1. The molecular weight excluding hydrogens is 446 g/mol. The fourth-order valence-electron chi connectivity index (χ4n) is 3.94. The number of benzene rings is 2. The summed E-state index contributed by atoms with van der Waals surface area (Å²) in [5.74, 6) is 1.81. The van der Waals surface area contributed by atoms with Crippen LogP contribution < -0.4 is 23.7 Å². The maximum atomic E-state index is 13.1. The summed E-state index contributed by atoms with van der Waals surface area (Å²) in [6.45, 7) is 2.40. The van der Waals surface area contributed by atoms with Crippen LogP contribution in [0, 0.1) is 10.1 Å². The molecule has 0 radical (unpaired) electrons. The molecule has 0 spiro atoms. The molecule has 0 bridgehead atoms. The summed E-state index contributed by atoms with van der Waals surface area (Å²) in [6, 6.07) is 6.26. The zero-order valence-electron chi connectivity index (χ0n) is 20.0. The van der Waals surface area contributed by atoms with Crippen molar-refractivity contribution in [3.63, 3.8) is 0 Å². The molecule has 11 heteroatoms. The molecular formula is C23H29N3O8. The highest BCUT2D eigenvalue weighted by Gasteiger charge is 2.27. The average Bonchev–Trinajstić information content (AvgIpc) is 2.87. The Labute approximate surface area is 197 Å². The van der Waals surface area contributed by atoms with Crippen LogP contribution in [0.5, 0.6) is 28.7 Å². The molecule has 1 aliphatic rings. The lowest BCUT2D eigenvalue weighted by Gasteiger charge is -2.35. The summed E-state index contributed by atoms with van der Waals surface area (Å²) in [5.41, 5.74) is 0.916. The minimum atomic E-state index is -0.429. The molecule has 1 saturated heterocycles. The van der Waals surface area contributed by atoms with Gasteiger partial charge >= 0.3 is 0 Å². The fourth-order valence-corrected chi connectivity index (χ4v) is 3.94. The molecule has 184 valence electrons. The number of nitro groups is 1. The SMILES string of the molecule is COc1cc(CN2CCN(C(=O)c3cc(OC)c(OC)c(OC)c3)CC2)c([N+](=O)[O-])cc1OC. The van der Waals surface area contributed by atoms with E-state index in [1.165, 1.54) is 41.6 Å². The second kappa shape index (κ2) is 10.9. The Balaban J connectivity index is 1.73. The first-order valence-electron chi connectivity index (χ1n) is 10.6. The lowest BCUT2D eigenvalue weighted by Crippen LogP contribution is -2.48. The van der Waals surface area contributed by atoms with Crippen molar-refractivity contribution in [2.45, 2.75) is 6.54 Å². The fraction of sp³-hybridized carbons (Fsp3) is 0.435. The van der Waals surface area contributed by atoms with Crippen molar-refractivity contribution in [3.05, 3.63) is 45.5 Å². The second-order valence-corrected chi connectivity index (χ2v) is 7.58. The highest BCUT2D eigenvalue weighted by molar-refractivity contribution is 5.95.